The van der Waals surface area contributed by atoms with Crippen molar-refractivity contribution in [1.29, 1.82) is 0 Å². The van der Waals surface area contributed by atoms with Crippen molar-refractivity contribution in [2.24, 2.45) is 0 Å². The second kappa shape index (κ2) is 12.3. The molecular formula is C13H26N2O7. The largest absolute Gasteiger partial charge is 0.386 e. The first kappa shape index (κ1) is 20.7. The van der Waals surface area contributed by atoms with E-state index in [4.69, 9.17) is 19.4 Å². The maximum absolute atomic E-state index is 11.2. The van der Waals surface area contributed by atoms with Crippen LogP contribution in [0, 0.1) is 0 Å². The van der Waals surface area contributed by atoms with Gasteiger partial charge in [0.2, 0.25) is 0 Å². The molecule has 1 N–H and O–H groups in total. The lowest BCUT2D eigenvalue weighted by Gasteiger charge is -2.23. The highest BCUT2D eigenvalue weighted by atomic mass is 16.7. The Morgan fingerprint density at radius 1 is 1.14 bits per heavy atom. The van der Waals surface area contributed by atoms with E-state index in [1.54, 1.807) is 7.05 Å². The van der Waals surface area contributed by atoms with Crippen molar-refractivity contribution in [3.05, 3.63) is 0 Å². The zero-order valence-corrected chi connectivity index (χ0v) is 13.6. The maximum Gasteiger partial charge on any atom is 0.271 e. The first-order valence-corrected chi connectivity index (χ1v) is 6.91. The lowest BCUT2D eigenvalue weighted by Crippen LogP contribution is -2.32. The van der Waals surface area contributed by atoms with Crippen LogP contribution in [-0.4, -0.2) is 81.5 Å². The van der Waals surface area contributed by atoms with E-state index in [1.807, 2.05) is 0 Å². The van der Waals surface area contributed by atoms with E-state index < -0.39 is 12.5 Å². The summed E-state index contributed by atoms with van der Waals surface area (Å²) in [5, 5.41) is 10.3. The minimum atomic E-state index is -0.510. The fourth-order valence-corrected chi connectivity index (χ4v) is 1.40. The van der Waals surface area contributed by atoms with E-state index in [-0.39, 0.29) is 18.8 Å². The Balaban J connectivity index is 0.000000472. The topological polar surface area (TPSA) is 97.8 Å². The number of ether oxygens (including phenoxy) is 2. The summed E-state index contributed by atoms with van der Waals surface area (Å²) in [4.78, 5) is 30.7. The van der Waals surface area contributed by atoms with Crippen molar-refractivity contribution < 1.29 is 33.8 Å². The van der Waals surface area contributed by atoms with Crippen LogP contribution in [0.4, 0.5) is 0 Å². The van der Waals surface area contributed by atoms with Crippen molar-refractivity contribution in [2.75, 3.05) is 48.1 Å². The monoisotopic (exact) mass is 322 g/mol. The van der Waals surface area contributed by atoms with Crippen molar-refractivity contribution in [3.8, 4) is 0 Å². The molecule has 9 heteroatoms. The summed E-state index contributed by atoms with van der Waals surface area (Å²) in [6.45, 7) is 0.221. The molecule has 1 aliphatic rings. The van der Waals surface area contributed by atoms with Crippen molar-refractivity contribution >= 4 is 11.8 Å². The fraction of sp³-hybridized carbons (Fsp3) is 0.846. The minimum Gasteiger partial charge on any atom is -0.386 e. The smallest absolute Gasteiger partial charge is 0.271 e. The first-order chi connectivity index (χ1) is 10.5. The number of rotatable bonds is 6. The molecular weight excluding hydrogens is 296 g/mol. The Morgan fingerprint density at radius 3 is 2.14 bits per heavy atom. The highest BCUT2D eigenvalue weighted by molar-refractivity contribution is 5.76. The molecule has 0 spiro atoms. The molecule has 1 fully saturated rings. The molecule has 0 aromatic heterocycles. The molecule has 0 aliphatic carbocycles. The van der Waals surface area contributed by atoms with Gasteiger partial charge in [0.25, 0.3) is 11.8 Å². The molecule has 0 aromatic rings. The number of hydroxylamine groups is 4. The first-order valence-electron chi connectivity index (χ1n) is 6.91. The zero-order chi connectivity index (χ0) is 17.0. The molecule has 130 valence electrons. The van der Waals surface area contributed by atoms with E-state index in [2.05, 4.69) is 4.84 Å². The molecule has 0 radical (unpaired) electrons. The molecule has 1 saturated heterocycles. The van der Waals surface area contributed by atoms with Crippen LogP contribution < -0.4 is 0 Å². The summed E-state index contributed by atoms with van der Waals surface area (Å²) in [5.74, 6) is -0.658. The maximum atomic E-state index is 11.2. The van der Waals surface area contributed by atoms with Gasteiger partial charge < -0.3 is 14.6 Å². The number of hydrogen-bond acceptors (Lipinski definition) is 7. The second-order valence-electron chi connectivity index (χ2n) is 4.41. The molecule has 22 heavy (non-hydrogen) atoms. The third kappa shape index (κ3) is 8.90. The van der Waals surface area contributed by atoms with Crippen molar-refractivity contribution in [1.82, 2.24) is 10.1 Å². The molecule has 1 rings (SSSR count). The van der Waals surface area contributed by atoms with E-state index in [0.29, 0.717) is 0 Å². The molecule has 1 unspecified atom stereocenters. The van der Waals surface area contributed by atoms with Crippen LogP contribution in [0.1, 0.15) is 19.3 Å². The van der Waals surface area contributed by atoms with Crippen LogP contribution in [0.25, 0.3) is 0 Å². The van der Waals surface area contributed by atoms with Gasteiger partial charge >= 0.3 is 0 Å². The average molecular weight is 322 g/mol. The molecule has 2 amide bonds. The van der Waals surface area contributed by atoms with Gasteiger partial charge in [-0.1, -0.05) is 0 Å². The summed E-state index contributed by atoms with van der Waals surface area (Å²) in [6, 6.07) is 0. The van der Waals surface area contributed by atoms with E-state index in [9.17, 15) is 9.59 Å². The highest BCUT2D eigenvalue weighted by Crippen LogP contribution is 2.13. The van der Waals surface area contributed by atoms with Gasteiger partial charge in [-0.3, -0.25) is 19.3 Å². The quantitative estimate of drug-likeness (QED) is 0.661. The van der Waals surface area contributed by atoms with Crippen LogP contribution in [0.3, 0.4) is 0 Å². The van der Waals surface area contributed by atoms with E-state index in [1.165, 1.54) is 21.3 Å². The molecule has 1 aliphatic heterocycles. The highest BCUT2D eigenvalue weighted by Gasteiger charge is 2.16. The lowest BCUT2D eigenvalue weighted by molar-refractivity contribution is -0.194. The minimum absolute atomic E-state index is 0.00894. The number of aliphatic hydroxyl groups excluding tert-OH is 1. The number of amides is 2. The third-order valence-electron chi connectivity index (χ3n) is 2.92. The Labute approximate surface area is 130 Å². The summed E-state index contributed by atoms with van der Waals surface area (Å²) in [7, 11) is 5.77. The normalized spacial score (nSPS) is 17.2. The summed E-state index contributed by atoms with van der Waals surface area (Å²) < 4.78 is 10.6. The molecule has 0 saturated carbocycles. The molecule has 0 aromatic carbocycles. The number of likely N-dealkylation sites (N-methyl/N-ethyl adjacent to an activating group) is 2. The van der Waals surface area contributed by atoms with Crippen LogP contribution in [-0.2, 0) is 28.7 Å². The number of nitrogens with zero attached hydrogens (tertiary/aromatic N) is 2. The number of carbonyl (C=O) groups excluding carboxylic acids is 2. The van der Waals surface area contributed by atoms with Gasteiger partial charge in [0.05, 0.1) is 14.2 Å². The molecule has 1 heterocycles. The number of hydrogen-bond donors (Lipinski definition) is 1. The van der Waals surface area contributed by atoms with Gasteiger partial charge in [-0.2, -0.15) is 0 Å². The molecule has 9 nitrogen and oxygen atoms in total. The fourth-order valence-electron chi connectivity index (χ4n) is 1.40. The van der Waals surface area contributed by atoms with Crippen LogP contribution in [0.2, 0.25) is 0 Å². The summed E-state index contributed by atoms with van der Waals surface area (Å²) >= 11 is 0. The SMILES string of the molecule is CON(C)C(=O)CO.CON(C)C(=O)COC1CCCCO1. The standard InChI is InChI=1S/C9H17NO4.C4H9NO3/c1-10(12-2)8(11)7-14-9-5-3-4-6-13-9;1-5(8-2)4(7)3-6/h9H,3-7H2,1-2H3;6H,3H2,1-2H3. The Bertz CT molecular complexity index is 322. The number of aliphatic hydroxyl groups is 1. The average Bonchev–Trinajstić information content (AvgIpc) is 2.58. The number of carbonyl (C=O) groups is 2. The molecule has 0 bridgehead atoms. The van der Waals surface area contributed by atoms with Crippen molar-refractivity contribution in [2.45, 2.75) is 25.6 Å². The van der Waals surface area contributed by atoms with Gasteiger partial charge in [0, 0.05) is 20.7 Å². The predicted molar refractivity (Wildman–Crippen MR) is 76.2 cm³/mol. The zero-order valence-electron chi connectivity index (χ0n) is 13.6. The summed E-state index contributed by atoms with van der Waals surface area (Å²) in [6.07, 6.45) is 2.81. The lowest BCUT2D eigenvalue weighted by atomic mass is 10.2. The molecule has 1 atom stereocenters. The van der Waals surface area contributed by atoms with Gasteiger partial charge in [0.15, 0.2) is 6.29 Å². The summed E-state index contributed by atoms with van der Waals surface area (Å²) in [5.41, 5.74) is 0. The van der Waals surface area contributed by atoms with Gasteiger partial charge in [-0.05, 0) is 19.3 Å². The Hall–Kier alpha value is -1.26. The van der Waals surface area contributed by atoms with Gasteiger partial charge in [-0.25, -0.2) is 10.1 Å². The third-order valence-corrected chi connectivity index (χ3v) is 2.92. The van der Waals surface area contributed by atoms with Crippen LogP contribution >= 0.6 is 0 Å². The Kier molecular flexibility index (Phi) is 11.6. The van der Waals surface area contributed by atoms with Gasteiger partial charge in [-0.15, -0.1) is 0 Å². The van der Waals surface area contributed by atoms with E-state index in [0.717, 1.165) is 36.0 Å². The van der Waals surface area contributed by atoms with E-state index >= 15 is 0 Å². The second-order valence-corrected chi connectivity index (χ2v) is 4.41. The van der Waals surface area contributed by atoms with Crippen LogP contribution in [0.5, 0.6) is 0 Å². The van der Waals surface area contributed by atoms with Crippen LogP contribution in [0.15, 0.2) is 0 Å². The van der Waals surface area contributed by atoms with Crippen molar-refractivity contribution in [3.63, 3.8) is 0 Å². The predicted octanol–water partition coefficient (Wildman–Crippen LogP) is -0.452. The van der Waals surface area contributed by atoms with Gasteiger partial charge in [0.1, 0.15) is 13.2 Å². The Morgan fingerprint density at radius 2 is 1.73 bits per heavy atom.